The van der Waals surface area contributed by atoms with Gasteiger partial charge in [-0.15, -0.1) is 12.4 Å². The van der Waals surface area contributed by atoms with Crippen LogP contribution in [-0.2, 0) is 16.0 Å². The first-order chi connectivity index (χ1) is 8.63. The van der Waals surface area contributed by atoms with E-state index < -0.39 is 11.9 Å². The first-order valence-electron chi connectivity index (χ1n) is 5.83. The number of halogens is 1. The van der Waals surface area contributed by atoms with Crippen molar-refractivity contribution in [3.8, 4) is 5.75 Å². The summed E-state index contributed by atoms with van der Waals surface area (Å²) in [6.45, 7) is 3.65. The standard InChI is InChI=1S/C13H17NO4.ClH/c1-3-9-6-5-7-10(13(16)17-4-2)12(9)18-11(15)8-14;/h5-7H,3-4,8,14H2,1-2H3;1H. The number of para-hydroxylation sites is 1. The predicted octanol–water partition coefficient (Wildman–Crippen LogP) is 1.71. The van der Waals surface area contributed by atoms with Crippen molar-refractivity contribution >= 4 is 24.3 Å². The maximum absolute atomic E-state index is 11.8. The van der Waals surface area contributed by atoms with Gasteiger partial charge in [0.05, 0.1) is 13.2 Å². The van der Waals surface area contributed by atoms with Gasteiger partial charge in [0.1, 0.15) is 11.3 Å². The topological polar surface area (TPSA) is 78.6 Å². The highest BCUT2D eigenvalue weighted by Crippen LogP contribution is 2.25. The van der Waals surface area contributed by atoms with Gasteiger partial charge < -0.3 is 15.2 Å². The summed E-state index contributed by atoms with van der Waals surface area (Å²) in [6.07, 6.45) is 0.639. The van der Waals surface area contributed by atoms with Gasteiger partial charge in [0, 0.05) is 0 Å². The second-order valence-corrected chi connectivity index (χ2v) is 3.55. The maximum atomic E-state index is 11.8. The molecule has 0 aromatic heterocycles. The minimum atomic E-state index is -0.582. The van der Waals surface area contributed by atoms with Crippen molar-refractivity contribution in [2.24, 2.45) is 5.73 Å². The first kappa shape index (κ1) is 17.4. The number of carbonyl (C=O) groups is 2. The van der Waals surface area contributed by atoms with E-state index in [1.165, 1.54) is 0 Å². The fourth-order valence-electron chi connectivity index (χ4n) is 1.51. The molecule has 5 nitrogen and oxygen atoms in total. The Labute approximate surface area is 118 Å². The number of rotatable bonds is 5. The van der Waals surface area contributed by atoms with E-state index in [4.69, 9.17) is 15.2 Å². The van der Waals surface area contributed by atoms with Crippen LogP contribution >= 0.6 is 12.4 Å². The molecular formula is C13H18ClNO4. The number of carbonyl (C=O) groups excluding carboxylic acids is 2. The minimum absolute atomic E-state index is 0. The third kappa shape index (κ3) is 4.54. The van der Waals surface area contributed by atoms with Crippen LogP contribution in [0.1, 0.15) is 29.8 Å². The summed E-state index contributed by atoms with van der Waals surface area (Å²) >= 11 is 0. The number of hydrogen-bond acceptors (Lipinski definition) is 5. The molecule has 0 fully saturated rings. The number of ether oxygens (including phenoxy) is 2. The minimum Gasteiger partial charge on any atom is -0.462 e. The van der Waals surface area contributed by atoms with Gasteiger partial charge in [0.2, 0.25) is 0 Å². The van der Waals surface area contributed by atoms with Gasteiger partial charge in [-0.1, -0.05) is 19.1 Å². The maximum Gasteiger partial charge on any atom is 0.341 e. The van der Waals surface area contributed by atoms with E-state index in [0.29, 0.717) is 6.42 Å². The van der Waals surface area contributed by atoms with Crippen LogP contribution in [0, 0.1) is 0 Å². The zero-order chi connectivity index (χ0) is 13.5. The molecule has 0 aliphatic rings. The summed E-state index contributed by atoms with van der Waals surface area (Å²) in [5.41, 5.74) is 6.22. The molecular weight excluding hydrogens is 270 g/mol. The van der Waals surface area contributed by atoms with Crippen molar-refractivity contribution in [1.82, 2.24) is 0 Å². The lowest BCUT2D eigenvalue weighted by molar-refractivity contribution is -0.132. The Bertz CT molecular complexity index is 448. The largest absolute Gasteiger partial charge is 0.462 e. The Morgan fingerprint density at radius 2 is 1.95 bits per heavy atom. The number of nitrogens with two attached hydrogens (primary N) is 1. The Balaban J connectivity index is 0.00000324. The molecule has 0 aliphatic heterocycles. The van der Waals surface area contributed by atoms with Gasteiger partial charge in [-0.05, 0) is 25.0 Å². The van der Waals surface area contributed by atoms with Crippen molar-refractivity contribution in [3.63, 3.8) is 0 Å². The summed E-state index contributed by atoms with van der Waals surface area (Å²) < 4.78 is 10.0. The molecule has 106 valence electrons. The van der Waals surface area contributed by atoms with Crippen molar-refractivity contribution in [2.45, 2.75) is 20.3 Å². The average Bonchev–Trinajstić information content (AvgIpc) is 2.38. The predicted molar refractivity (Wildman–Crippen MR) is 73.7 cm³/mol. The van der Waals surface area contributed by atoms with Gasteiger partial charge in [-0.3, -0.25) is 4.79 Å². The first-order valence-corrected chi connectivity index (χ1v) is 5.83. The molecule has 0 amide bonds. The lowest BCUT2D eigenvalue weighted by atomic mass is 10.1. The number of benzene rings is 1. The smallest absolute Gasteiger partial charge is 0.341 e. The summed E-state index contributed by atoms with van der Waals surface area (Å²) in [5.74, 6) is -0.844. The monoisotopic (exact) mass is 287 g/mol. The molecule has 0 saturated heterocycles. The van der Waals surface area contributed by atoms with Gasteiger partial charge in [-0.25, -0.2) is 4.79 Å². The van der Waals surface area contributed by atoms with Crippen LogP contribution in [0.5, 0.6) is 5.75 Å². The molecule has 0 atom stereocenters. The third-order valence-corrected chi connectivity index (χ3v) is 2.36. The Morgan fingerprint density at radius 1 is 1.26 bits per heavy atom. The van der Waals surface area contributed by atoms with Crippen LogP contribution in [0.25, 0.3) is 0 Å². The number of hydrogen-bond donors (Lipinski definition) is 1. The summed E-state index contributed by atoms with van der Waals surface area (Å²) in [6, 6.07) is 5.09. The van der Waals surface area contributed by atoms with E-state index in [1.807, 2.05) is 6.92 Å². The molecule has 0 unspecified atom stereocenters. The molecule has 19 heavy (non-hydrogen) atoms. The van der Waals surface area contributed by atoms with Crippen molar-refractivity contribution in [2.75, 3.05) is 13.2 Å². The molecule has 0 radical (unpaired) electrons. The van der Waals surface area contributed by atoms with Crippen LogP contribution in [0.2, 0.25) is 0 Å². The van der Waals surface area contributed by atoms with Gasteiger partial charge in [-0.2, -0.15) is 0 Å². The molecule has 0 spiro atoms. The second-order valence-electron chi connectivity index (χ2n) is 3.55. The van der Waals surface area contributed by atoms with Crippen molar-refractivity contribution < 1.29 is 19.1 Å². The molecule has 0 aliphatic carbocycles. The van der Waals surface area contributed by atoms with Gasteiger partial charge in [0.25, 0.3) is 0 Å². The van der Waals surface area contributed by atoms with Gasteiger partial charge in [0.15, 0.2) is 0 Å². The van der Waals surface area contributed by atoms with Gasteiger partial charge >= 0.3 is 11.9 Å². The second kappa shape index (κ2) is 8.50. The average molecular weight is 288 g/mol. The zero-order valence-corrected chi connectivity index (χ0v) is 11.8. The third-order valence-electron chi connectivity index (χ3n) is 2.36. The molecule has 1 aromatic rings. The van der Waals surface area contributed by atoms with Crippen molar-refractivity contribution in [3.05, 3.63) is 29.3 Å². The Morgan fingerprint density at radius 3 is 2.47 bits per heavy atom. The molecule has 0 saturated carbocycles. The highest BCUT2D eigenvalue weighted by Gasteiger charge is 2.18. The van der Waals surface area contributed by atoms with E-state index in [2.05, 4.69) is 0 Å². The van der Waals surface area contributed by atoms with Crippen LogP contribution in [0.3, 0.4) is 0 Å². The normalized spacial score (nSPS) is 9.42. The molecule has 0 heterocycles. The van der Waals surface area contributed by atoms with Crippen LogP contribution in [-0.4, -0.2) is 25.1 Å². The number of aryl methyl sites for hydroxylation is 1. The molecule has 1 rings (SSSR count). The highest BCUT2D eigenvalue weighted by atomic mass is 35.5. The fraction of sp³-hybridized carbons (Fsp3) is 0.385. The zero-order valence-electron chi connectivity index (χ0n) is 11.0. The van der Waals surface area contributed by atoms with E-state index in [1.54, 1.807) is 25.1 Å². The van der Waals surface area contributed by atoms with Crippen LogP contribution in [0.4, 0.5) is 0 Å². The number of esters is 2. The fourth-order valence-corrected chi connectivity index (χ4v) is 1.51. The lowest BCUT2D eigenvalue weighted by Crippen LogP contribution is -2.21. The quantitative estimate of drug-likeness (QED) is 0.659. The Kier molecular flexibility index (Phi) is 7.79. The molecule has 0 bridgehead atoms. The van der Waals surface area contributed by atoms with E-state index in [-0.39, 0.29) is 36.9 Å². The summed E-state index contributed by atoms with van der Waals surface area (Å²) in [4.78, 5) is 23.0. The highest BCUT2D eigenvalue weighted by molar-refractivity contribution is 5.94. The van der Waals surface area contributed by atoms with E-state index in [9.17, 15) is 9.59 Å². The van der Waals surface area contributed by atoms with Crippen LogP contribution < -0.4 is 10.5 Å². The van der Waals surface area contributed by atoms with E-state index >= 15 is 0 Å². The molecule has 6 heteroatoms. The van der Waals surface area contributed by atoms with E-state index in [0.717, 1.165) is 5.56 Å². The lowest BCUT2D eigenvalue weighted by Gasteiger charge is -2.12. The van der Waals surface area contributed by atoms with Crippen molar-refractivity contribution in [1.29, 1.82) is 0 Å². The summed E-state index contributed by atoms with van der Waals surface area (Å²) in [5, 5.41) is 0. The van der Waals surface area contributed by atoms with Crippen LogP contribution in [0.15, 0.2) is 18.2 Å². The SMILES string of the molecule is CCOC(=O)c1cccc(CC)c1OC(=O)CN.Cl. The molecule has 2 N–H and O–H groups in total. The molecule has 1 aromatic carbocycles. The summed E-state index contributed by atoms with van der Waals surface area (Å²) in [7, 11) is 0. The Hall–Kier alpha value is -1.59.